The van der Waals surface area contributed by atoms with Crippen LogP contribution in [0.3, 0.4) is 0 Å². The Hall–Kier alpha value is -2.16. The second kappa shape index (κ2) is 9.56. The highest BCUT2D eigenvalue weighted by Gasteiger charge is 2.29. The number of benzene rings is 1. The Morgan fingerprint density at radius 2 is 1.97 bits per heavy atom. The number of carbonyl (C=O) groups excluding carboxylic acids is 1. The molecule has 1 aromatic heterocycles. The van der Waals surface area contributed by atoms with Gasteiger partial charge in [0.25, 0.3) is 0 Å². The van der Waals surface area contributed by atoms with Gasteiger partial charge < -0.3 is 10.6 Å². The number of nitrogens with one attached hydrogen (secondary N) is 3. The zero-order valence-corrected chi connectivity index (χ0v) is 17.7. The molecular formula is C20H25ClN4O3S. The number of sulfonamides is 1. The van der Waals surface area contributed by atoms with Crippen LogP contribution in [-0.2, 0) is 16.6 Å². The van der Waals surface area contributed by atoms with E-state index in [-0.39, 0.29) is 28.3 Å². The summed E-state index contributed by atoms with van der Waals surface area (Å²) in [5, 5.41) is 5.51. The normalized spacial score (nSPS) is 22.1. The van der Waals surface area contributed by atoms with E-state index in [4.69, 9.17) is 11.6 Å². The van der Waals surface area contributed by atoms with Crippen LogP contribution in [0.25, 0.3) is 0 Å². The Balaban J connectivity index is 1.54. The van der Waals surface area contributed by atoms with Crippen LogP contribution in [0.15, 0.2) is 53.7 Å². The van der Waals surface area contributed by atoms with Gasteiger partial charge in [0.05, 0.1) is 4.90 Å². The average Bonchev–Trinajstić information content (AvgIpc) is 2.70. The molecule has 2 aromatic rings. The fourth-order valence-corrected chi connectivity index (χ4v) is 4.84. The lowest BCUT2D eigenvalue weighted by Crippen LogP contribution is -2.40. The molecule has 0 spiro atoms. The minimum absolute atomic E-state index is 0.102. The molecular weight excluding hydrogens is 412 g/mol. The van der Waals surface area contributed by atoms with Gasteiger partial charge in [-0.2, -0.15) is 0 Å². The zero-order chi connectivity index (χ0) is 20.9. The molecule has 0 bridgehead atoms. The molecule has 156 valence electrons. The minimum Gasteiger partial charge on any atom is -0.334 e. The number of carbonyl (C=O) groups is 1. The fraction of sp³-hybridized carbons (Fsp3) is 0.400. The van der Waals surface area contributed by atoms with Crippen molar-refractivity contribution in [3.05, 3.63) is 54.4 Å². The first-order valence-corrected chi connectivity index (χ1v) is 11.5. The van der Waals surface area contributed by atoms with Crippen LogP contribution in [0.1, 0.15) is 31.7 Å². The van der Waals surface area contributed by atoms with Crippen molar-refractivity contribution in [1.29, 1.82) is 0 Å². The molecule has 0 aliphatic heterocycles. The van der Waals surface area contributed by atoms with Gasteiger partial charge in [-0.25, -0.2) is 17.9 Å². The summed E-state index contributed by atoms with van der Waals surface area (Å²) in [6.07, 6.45) is 5.59. The molecule has 1 aliphatic carbocycles. The first-order chi connectivity index (χ1) is 13.8. The zero-order valence-electron chi connectivity index (χ0n) is 16.1. The van der Waals surface area contributed by atoms with Gasteiger partial charge in [0.2, 0.25) is 10.0 Å². The minimum atomic E-state index is -3.62. The maximum absolute atomic E-state index is 12.6. The lowest BCUT2D eigenvalue weighted by molar-refractivity contribution is 0.251. The summed E-state index contributed by atoms with van der Waals surface area (Å²) in [5.41, 5.74) is 1.39. The molecule has 3 unspecified atom stereocenters. The molecule has 2 amide bonds. The molecule has 1 saturated carbocycles. The molecule has 0 radical (unpaired) electrons. The highest BCUT2D eigenvalue weighted by molar-refractivity contribution is 7.89. The van der Waals surface area contributed by atoms with Gasteiger partial charge in [0.15, 0.2) is 0 Å². The predicted octanol–water partition coefficient (Wildman–Crippen LogP) is 3.48. The third kappa shape index (κ3) is 6.16. The molecule has 7 nitrogen and oxygen atoms in total. The van der Waals surface area contributed by atoms with E-state index >= 15 is 0 Å². The van der Waals surface area contributed by atoms with Gasteiger partial charge in [0.1, 0.15) is 0 Å². The predicted molar refractivity (Wildman–Crippen MR) is 113 cm³/mol. The summed E-state index contributed by atoms with van der Waals surface area (Å²) in [7, 11) is -3.62. The highest BCUT2D eigenvalue weighted by Crippen LogP contribution is 2.29. The number of anilines is 1. The van der Waals surface area contributed by atoms with Gasteiger partial charge in [-0.15, -0.1) is 11.6 Å². The number of alkyl halides is 1. The molecule has 29 heavy (non-hydrogen) atoms. The standard InChI is InChI=1S/C20H25ClN4O3S/c1-14-11-17(6-9-19(14)21)25-29(27,28)18-7-4-16(5-8-18)24-20(26)23-13-15-3-2-10-22-12-15/h2-5,7-8,10,12,14,17,19,25H,6,9,11,13H2,1H3,(H2,23,24,26). The van der Waals surface area contributed by atoms with Crippen molar-refractivity contribution < 1.29 is 13.2 Å². The van der Waals surface area contributed by atoms with Gasteiger partial charge in [-0.3, -0.25) is 4.98 Å². The van der Waals surface area contributed by atoms with Gasteiger partial charge in [0, 0.05) is 36.0 Å². The smallest absolute Gasteiger partial charge is 0.319 e. The van der Waals surface area contributed by atoms with E-state index in [1.54, 1.807) is 30.6 Å². The molecule has 3 atom stereocenters. The molecule has 0 saturated heterocycles. The summed E-state index contributed by atoms with van der Waals surface area (Å²) in [6.45, 7) is 2.39. The number of rotatable bonds is 6. The van der Waals surface area contributed by atoms with Crippen molar-refractivity contribution in [3.8, 4) is 0 Å². The van der Waals surface area contributed by atoms with Gasteiger partial charge >= 0.3 is 6.03 Å². The molecule has 3 N–H and O–H groups in total. The summed E-state index contributed by atoms with van der Waals surface area (Å²) >= 11 is 6.22. The number of hydrogen-bond acceptors (Lipinski definition) is 4. The van der Waals surface area contributed by atoms with Crippen LogP contribution in [-0.4, -0.2) is 30.9 Å². The van der Waals surface area contributed by atoms with E-state index in [2.05, 4.69) is 20.3 Å². The van der Waals surface area contributed by atoms with Crippen LogP contribution in [0, 0.1) is 5.92 Å². The Kier molecular flexibility index (Phi) is 7.10. The monoisotopic (exact) mass is 436 g/mol. The van der Waals surface area contributed by atoms with Crippen molar-refractivity contribution in [1.82, 2.24) is 15.0 Å². The van der Waals surface area contributed by atoms with Crippen molar-refractivity contribution in [2.75, 3.05) is 5.32 Å². The molecule has 1 heterocycles. The number of pyridine rings is 1. The first-order valence-electron chi connectivity index (χ1n) is 9.54. The maximum atomic E-state index is 12.6. The van der Waals surface area contributed by atoms with E-state index in [9.17, 15) is 13.2 Å². The lowest BCUT2D eigenvalue weighted by Gasteiger charge is -2.30. The highest BCUT2D eigenvalue weighted by atomic mass is 35.5. The topological polar surface area (TPSA) is 100 Å². The third-order valence-electron chi connectivity index (χ3n) is 4.98. The Bertz CT molecular complexity index is 923. The number of nitrogens with zero attached hydrogens (tertiary/aromatic N) is 1. The van der Waals surface area contributed by atoms with Crippen LogP contribution in [0.2, 0.25) is 0 Å². The van der Waals surface area contributed by atoms with Crippen molar-refractivity contribution in [2.45, 2.75) is 49.0 Å². The quantitative estimate of drug-likeness (QED) is 0.603. The van der Waals surface area contributed by atoms with Crippen molar-refractivity contribution in [2.24, 2.45) is 5.92 Å². The molecule has 1 aromatic carbocycles. The number of amides is 2. The summed E-state index contributed by atoms with van der Waals surface area (Å²) in [5.74, 6) is 0.273. The van der Waals surface area contributed by atoms with Gasteiger partial charge in [-0.05, 0) is 61.1 Å². The molecule has 9 heteroatoms. The fourth-order valence-electron chi connectivity index (χ4n) is 3.33. The van der Waals surface area contributed by atoms with Crippen LogP contribution < -0.4 is 15.4 Å². The third-order valence-corrected chi connectivity index (χ3v) is 7.17. The number of urea groups is 1. The number of aromatic nitrogens is 1. The second-order valence-corrected chi connectivity index (χ2v) is 9.59. The van der Waals surface area contributed by atoms with E-state index < -0.39 is 10.0 Å². The average molecular weight is 437 g/mol. The maximum Gasteiger partial charge on any atom is 0.319 e. The van der Waals surface area contributed by atoms with E-state index in [0.29, 0.717) is 12.2 Å². The van der Waals surface area contributed by atoms with E-state index in [0.717, 1.165) is 24.8 Å². The lowest BCUT2D eigenvalue weighted by atomic mass is 9.87. The van der Waals surface area contributed by atoms with Crippen molar-refractivity contribution >= 4 is 33.3 Å². The number of halogens is 1. The second-order valence-electron chi connectivity index (χ2n) is 7.32. The molecule has 1 fully saturated rings. The van der Waals surface area contributed by atoms with Crippen LogP contribution in [0.5, 0.6) is 0 Å². The summed E-state index contributed by atoms with van der Waals surface area (Å²) in [4.78, 5) is 16.2. The summed E-state index contributed by atoms with van der Waals surface area (Å²) in [6, 6.07) is 9.26. The van der Waals surface area contributed by atoms with Gasteiger partial charge in [-0.1, -0.05) is 13.0 Å². The van der Waals surface area contributed by atoms with Crippen LogP contribution >= 0.6 is 11.6 Å². The number of hydrogen-bond donors (Lipinski definition) is 3. The largest absolute Gasteiger partial charge is 0.334 e. The van der Waals surface area contributed by atoms with Crippen LogP contribution in [0.4, 0.5) is 10.5 Å². The van der Waals surface area contributed by atoms with Crippen molar-refractivity contribution in [3.63, 3.8) is 0 Å². The Labute approximate surface area is 176 Å². The van der Waals surface area contributed by atoms with E-state index in [1.165, 1.54) is 12.1 Å². The molecule has 1 aliphatic rings. The Morgan fingerprint density at radius 1 is 1.21 bits per heavy atom. The SMILES string of the molecule is CC1CC(NS(=O)(=O)c2ccc(NC(=O)NCc3cccnc3)cc2)CCC1Cl. The first kappa shape index (κ1) is 21.5. The van der Waals surface area contributed by atoms with E-state index in [1.807, 2.05) is 13.0 Å². The molecule has 3 rings (SSSR count). The Morgan fingerprint density at radius 3 is 2.62 bits per heavy atom. The summed E-state index contributed by atoms with van der Waals surface area (Å²) < 4.78 is 28.0.